The van der Waals surface area contributed by atoms with E-state index in [0.29, 0.717) is 5.03 Å². The van der Waals surface area contributed by atoms with Gasteiger partial charge >= 0.3 is 24.0 Å². The zero-order valence-electron chi connectivity index (χ0n) is 20.2. The number of amides is 1. The van der Waals surface area contributed by atoms with Crippen molar-refractivity contribution < 1.29 is 38.1 Å². The summed E-state index contributed by atoms with van der Waals surface area (Å²) in [4.78, 5) is 54.6. The number of carbonyl (C=O) groups is 4. The van der Waals surface area contributed by atoms with Crippen molar-refractivity contribution in [2.24, 2.45) is 11.8 Å². The number of nitrogens with zero attached hydrogens (tertiary/aromatic N) is 1. The normalized spacial score (nSPS) is 23.6. The minimum atomic E-state index is -1.29. The summed E-state index contributed by atoms with van der Waals surface area (Å²) >= 11 is 1.28. The highest BCUT2D eigenvalue weighted by molar-refractivity contribution is 7.99. The molecule has 0 radical (unpaired) electrons. The van der Waals surface area contributed by atoms with Crippen LogP contribution >= 0.6 is 11.8 Å². The van der Waals surface area contributed by atoms with Gasteiger partial charge in [0, 0.05) is 11.9 Å². The third-order valence-corrected chi connectivity index (χ3v) is 5.67. The Morgan fingerprint density at radius 3 is 2.53 bits per heavy atom. The van der Waals surface area contributed by atoms with Gasteiger partial charge < -0.3 is 24.3 Å². The lowest BCUT2D eigenvalue weighted by Crippen LogP contribution is -2.48. The van der Waals surface area contributed by atoms with Crippen LogP contribution in [0.15, 0.2) is 29.4 Å². The minimum absolute atomic E-state index is 0.165. The summed E-state index contributed by atoms with van der Waals surface area (Å²) in [6.07, 6.45) is -1.32. The molecule has 188 valence electrons. The van der Waals surface area contributed by atoms with Gasteiger partial charge in [-0.2, -0.15) is 0 Å². The van der Waals surface area contributed by atoms with Crippen molar-refractivity contribution in [2.75, 3.05) is 12.4 Å². The van der Waals surface area contributed by atoms with Crippen LogP contribution in [0.4, 0.5) is 4.79 Å². The number of ether oxygens (including phenoxy) is 4. The summed E-state index contributed by atoms with van der Waals surface area (Å²) in [5, 5.41) is 3.04. The summed E-state index contributed by atoms with van der Waals surface area (Å²) in [6.45, 7) is 9.40. The number of carbonyl (C=O) groups excluding carboxylic acids is 4. The number of hydrogen-bond acceptors (Lipinski definition) is 10. The molecule has 1 aliphatic rings. The van der Waals surface area contributed by atoms with E-state index in [2.05, 4.69) is 10.3 Å². The average molecular weight is 497 g/mol. The first kappa shape index (κ1) is 27.4. The first-order valence-electron chi connectivity index (χ1n) is 11.0. The molecule has 4 atom stereocenters. The SMILES string of the molecule is CC(C)C(=O)O[C@H]1[C@H](C)OC(=O)[C@@H](NC(=O)OC(C)(C)C)COC(=O)[C@@H]1CSc1ccccn1. The second-order valence-corrected chi connectivity index (χ2v) is 10.2. The third-order valence-electron chi connectivity index (χ3n) is 4.60. The number of hydrogen-bond donors (Lipinski definition) is 1. The van der Waals surface area contributed by atoms with Crippen LogP contribution in [-0.4, -0.2) is 65.2 Å². The Labute approximate surface area is 203 Å². The van der Waals surface area contributed by atoms with Crippen LogP contribution in [0.25, 0.3) is 0 Å². The summed E-state index contributed by atoms with van der Waals surface area (Å²) in [6, 6.07) is 4.07. The van der Waals surface area contributed by atoms with Gasteiger partial charge in [0.25, 0.3) is 0 Å². The standard InChI is InChI=1S/C23H32N2O8S/c1-13(2)19(26)32-18-14(3)31-21(28)16(25-22(29)33-23(4,5)6)11-30-20(27)15(18)12-34-17-9-7-8-10-24-17/h7-10,13-16,18H,11-12H2,1-6H3,(H,25,29)/t14-,15+,16-,18-/m0/s1. The molecule has 1 fully saturated rings. The molecule has 0 aliphatic carbocycles. The highest BCUT2D eigenvalue weighted by atomic mass is 32.2. The third kappa shape index (κ3) is 8.51. The summed E-state index contributed by atoms with van der Waals surface area (Å²) < 4.78 is 21.6. The van der Waals surface area contributed by atoms with Crippen LogP contribution in [0.1, 0.15) is 41.5 Å². The Balaban J connectivity index is 2.25. The highest BCUT2D eigenvalue weighted by Gasteiger charge is 2.42. The van der Waals surface area contributed by atoms with Gasteiger partial charge in [0.15, 0.2) is 12.1 Å². The summed E-state index contributed by atoms with van der Waals surface area (Å²) in [7, 11) is 0. The number of alkyl carbamates (subject to hydrolysis) is 1. The molecule has 1 aromatic heterocycles. The topological polar surface area (TPSA) is 130 Å². The zero-order chi connectivity index (χ0) is 25.5. The van der Waals surface area contributed by atoms with Crippen molar-refractivity contribution in [2.45, 2.75) is 70.4 Å². The second kappa shape index (κ2) is 12.0. The Kier molecular flexibility index (Phi) is 9.72. The molecule has 2 rings (SSSR count). The van der Waals surface area contributed by atoms with Gasteiger partial charge in [-0.05, 0) is 39.8 Å². The minimum Gasteiger partial charge on any atom is -0.463 e. The number of nitrogens with one attached hydrogen (secondary N) is 1. The molecule has 1 aliphatic heterocycles. The van der Waals surface area contributed by atoms with Crippen LogP contribution in [0, 0.1) is 11.8 Å². The van der Waals surface area contributed by atoms with E-state index in [1.54, 1.807) is 52.9 Å². The summed E-state index contributed by atoms with van der Waals surface area (Å²) in [5.41, 5.74) is -0.791. The largest absolute Gasteiger partial charge is 0.463 e. The number of aromatic nitrogens is 1. The Bertz CT molecular complexity index is 871. The van der Waals surface area contributed by atoms with Gasteiger partial charge in [-0.3, -0.25) is 9.59 Å². The van der Waals surface area contributed by atoms with Gasteiger partial charge in [0.1, 0.15) is 24.2 Å². The summed E-state index contributed by atoms with van der Waals surface area (Å²) in [5.74, 6) is -3.31. The molecular weight excluding hydrogens is 464 g/mol. The highest BCUT2D eigenvalue weighted by Crippen LogP contribution is 2.27. The molecule has 0 unspecified atom stereocenters. The molecule has 10 nitrogen and oxygen atoms in total. The van der Waals surface area contributed by atoms with Gasteiger partial charge in [-0.15, -0.1) is 11.8 Å². The van der Waals surface area contributed by atoms with Gasteiger partial charge in [-0.25, -0.2) is 14.6 Å². The quantitative estimate of drug-likeness (QED) is 0.356. The van der Waals surface area contributed by atoms with Crippen LogP contribution in [-0.2, 0) is 33.3 Å². The molecule has 1 saturated heterocycles. The molecule has 0 spiro atoms. The second-order valence-electron chi connectivity index (χ2n) is 9.11. The van der Waals surface area contributed by atoms with Crippen LogP contribution in [0.2, 0.25) is 0 Å². The van der Waals surface area contributed by atoms with Gasteiger partial charge in [0.05, 0.1) is 10.9 Å². The van der Waals surface area contributed by atoms with Crippen LogP contribution < -0.4 is 5.32 Å². The van der Waals surface area contributed by atoms with Crippen molar-refractivity contribution in [3.05, 3.63) is 24.4 Å². The van der Waals surface area contributed by atoms with E-state index < -0.39 is 66.3 Å². The number of pyridine rings is 1. The molecule has 0 bridgehead atoms. The molecular formula is C23H32N2O8S. The van der Waals surface area contributed by atoms with E-state index in [-0.39, 0.29) is 5.75 Å². The van der Waals surface area contributed by atoms with Crippen molar-refractivity contribution >= 4 is 35.8 Å². The molecule has 0 aromatic carbocycles. The molecule has 11 heteroatoms. The van der Waals surface area contributed by atoms with Gasteiger partial charge in [-0.1, -0.05) is 19.9 Å². The Hall–Kier alpha value is -2.82. The maximum Gasteiger partial charge on any atom is 0.408 e. The maximum atomic E-state index is 13.1. The monoisotopic (exact) mass is 496 g/mol. The zero-order valence-corrected chi connectivity index (χ0v) is 21.0. The van der Waals surface area contributed by atoms with E-state index in [0.717, 1.165) is 0 Å². The number of esters is 3. The number of cyclic esters (lactones) is 2. The van der Waals surface area contributed by atoms with Crippen molar-refractivity contribution in [3.63, 3.8) is 0 Å². The van der Waals surface area contributed by atoms with E-state index in [1.165, 1.54) is 18.7 Å². The van der Waals surface area contributed by atoms with Crippen molar-refractivity contribution in [1.29, 1.82) is 0 Å². The molecule has 2 heterocycles. The predicted octanol–water partition coefficient (Wildman–Crippen LogP) is 2.74. The van der Waals surface area contributed by atoms with Crippen LogP contribution in [0.5, 0.6) is 0 Å². The number of rotatable bonds is 6. The lowest BCUT2D eigenvalue weighted by Gasteiger charge is -2.29. The molecule has 1 aromatic rings. The Morgan fingerprint density at radius 2 is 1.94 bits per heavy atom. The van der Waals surface area contributed by atoms with Gasteiger partial charge in [0.2, 0.25) is 0 Å². The Morgan fingerprint density at radius 1 is 1.24 bits per heavy atom. The maximum absolute atomic E-state index is 13.1. The van der Waals surface area contributed by atoms with Crippen molar-refractivity contribution in [3.8, 4) is 0 Å². The molecule has 0 saturated carbocycles. The molecule has 1 N–H and O–H groups in total. The molecule has 34 heavy (non-hydrogen) atoms. The lowest BCUT2D eigenvalue weighted by atomic mass is 10.00. The van der Waals surface area contributed by atoms with E-state index >= 15 is 0 Å². The van der Waals surface area contributed by atoms with E-state index in [9.17, 15) is 19.2 Å². The lowest BCUT2D eigenvalue weighted by molar-refractivity contribution is -0.175. The van der Waals surface area contributed by atoms with Crippen LogP contribution in [0.3, 0.4) is 0 Å². The fourth-order valence-electron chi connectivity index (χ4n) is 2.90. The van der Waals surface area contributed by atoms with E-state index in [1.807, 2.05) is 6.07 Å². The number of thioether (sulfide) groups is 1. The first-order chi connectivity index (χ1) is 15.9. The fraction of sp³-hybridized carbons (Fsp3) is 0.609. The van der Waals surface area contributed by atoms with E-state index in [4.69, 9.17) is 18.9 Å². The smallest absolute Gasteiger partial charge is 0.408 e. The predicted molar refractivity (Wildman–Crippen MR) is 123 cm³/mol. The van der Waals surface area contributed by atoms with Crippen molar-refractivity contribution in [1.82, 2.24) is 10.3 Å². The fourth-order valence-corrected chi connectivity index (χ4v) is 3.89. The first-order valence-corrected chi connectivity index (χ1v) is 12.0. The average Bonchev–Trinajstić information content (AvgIpc) is 2.77. The molecule has 1 amide bonds.